The Morgan fingerprint density at radius 1 is 0.611 bits per heavy atom. The van der Waals surface area contributed by atoms with Gasteiger partial charge in [-0.15, -0.1) is 0 Å². The number of carbonyl (C=O) groups is 3. The Hall–Kier alpha value is -5.39. The van der Waals surface area contributed by atoms with Gasteiger partial charge in [-0.05, 0) is 129 Å². The van der Waals surface area contributed by atoms with Gasteiger partial charge in [0.05, 0.1) is 21.2 Å². The molecule has 2 heterocycles. The van der Waals surface area contributed by atoms with Gasteiger partial charge in [-0.25, -0.2) is 0 Å². The van der Waals surface area contributed by atoms with E-state index in [9.17, 15) is 19.5 Å². The molecule has 0 aromatic heterocycles. The standard InChI is InChI=1S/C30H37ClN2O3.C30H35ClN2O3/c2*1-29(2)27(30(3,4)28(29)36-24-10-7-22(19-32)25(31)17-24)18-26(35)21-5-8-23(9-6-21)33-14-11-20(12-15-33)13-16-34/h5-10,17,20,27-28,34H,11-16,18H2,1-4H3;5-10,16-17,20,27-28H,11-15,18H2,1-4H3. The Labute approximate surface area is 437 Å². The van der Waals surface area contributed by atoms with Crippen molar-refractivity contribution >= 4 is 52.4 Å². The molecule has 2 saturated carbocycles. The molecule has 2 aliphatic heterocycles. The summed E-state index contributed by atoms with van der Waals surface area (Å²) >= 11 is 12.4. The van der Waals surface area contributed by atoms with E-state index in [-0.39, 0.29) is 63.9 Å². The lowest BCUT2D eigenvalue weighted by atomic mass is 9.44. The van der Waals surface area contributed by atoms with Gasteiger partial charge in [-0.2, -0.15) is 10.5 Å². The summed E-state index contributed by atoms with van der Waals surface area (Å²) in [6.07, 6.45) is 7.61. The summed E-state index contributed by atoms with van der Waals surface area (Å²) in [7, 11) is 0. The number of benzene rings is 4. The van der Waals surface area contributed by atoms with Crippen molar-refractivity contribution in [1.82, 2.24) is 0 Å². The van der Waals surface area contributed by atoms with Gasteiger partial charge in [0.2, 0.25) is 0 Å². The van der Waals surface area contributed by atoms with Crippen LogP contribution >= 0.6 is 23.2 Å². The van der Waals surface area contributed by atoms with Gasteiger partial charge in [-0.3, -0.25) is 9.59 Å². The number of halogens is 2. The Morgan fingerprint density at radius 2 is 0.972 bits per heavy atom. The first-order valence-electron chi connectivity index (χ1n) is 25.7. The average molecular weight is 1020 g/mol. The van der Waals surface area contributed by atoms with Gasteiger partial charge in [-0.1, -0.05) is 78.6 Å². The fourth-order valence-corrected chi connectivity index (χ4v) is 13.6. The van der Waals surface area contributed by atoms with Crippen LogP contribution in [-0.4, -0.2) is 68.0 Å². The monoisotopic (exact) mass is 1010 g/mol. The van der Waals surface area contributed by atoms with Crippen molar-refractivity contribution in [3.63, 3.8) is 0 Å². The van der Waals surface area contributed by atoms with Gasteiger partial charge in [0.1, 0.15) is 42.1 Å². The normalized spacial score (nSPS) is 22.9. The number of hydrogen-bond acceptors (Lipinski definition) is 10. The lowest BCUT2D eigenvalue weighted by molar-refractivity contribution is -0.196. The number of nitrogens with zero attached hydrogens (tertiary/aromatic N) is 4. The lowest BCUT2D eigenvalue weighted by Gasteiger charge is -2.63. The highest BCUT2D eigenvalue weighted by atomic mass is 35.5. The number of aldehydes is 1. The topological polar surface area (TPSA) is 144 Å². The Bertz CT molecular complexity index is 2620. The predicted molar refractivity (Wildman–Crippen MR) is 286 cm³/mol. The summed E-state index contributed by atoms with van der Waals surface area (Å²) in [6, 6.07) is 30.5. The number of ketones is 2. The first-order valence-corrected chi connectivity index (χ1v) is 26.4. The average Bonchev–Trinajstić information content (AvgIpc) is 3.36. The van der Waals surface area contributed by atoms with Gasteiger partial charge >= 0.3 is 0 Å². The molecule has 4 fully saturated rings. The largest absolute Gasteiger partial charge is 0.489 e. The first kappa shape index (κ1) is 54.4. The van der Waals surface area contributed by atoms with Crippen LogP contribution < -0.4 is 19.3 Å². The van der Waals surface area contributed by atoms with Crippen LogP contribution in [0.15, 0.2) is 84.9 Å². The Morgan fingerprint density at radius 3 is 1.29 bits per heavy atom. The number of aliphatic hydroxyl groups is 1. The van der Waals surface area contributed by atoms with Crippen molar-refractivity contribution in [2.45, 2.75) is 119 Å². The molecule has 0 spiro atoms. The second-order valence-corrected chi connectivity index (χ2v) is 23.8. The van der Waals surface area contributed by atoms with E-state index < -0.39 is 0 Å². The third kappa shape index (κ3) is 11.5. The van der Waals surface area contributed by atoms with E-state index in [1.165, 1.54) is 0 Å². The molecular weight excluding hydrogens is 944 g/mol. The molecule has 10 nitrogen and oxygen atoms in total. The minimum absolute atomic E-state index is 0.0806. The molecule has 0 atom stereocenters. The summed E-state index contributed by atoms with van der Waals surface area (Å²) in [6.45, 7) is 21.4. The zero-order chi connectivity index (χ0) is 52.2. The number of rotatable bonds is 16. The molecule has 12 heteroatoms. The maximum Gasteiger partial charge on any atom is 0.163 e. The smallest absolute Gasteiger partial charge is 0.163 e. The molecule has 382 valence electrons. The fraction of sp³-hybridized carbons (Fsp3) is 0.517. The molecule has 0 bridgehead atoms. The van der Waals surface area contributed by atoms with Crippen LogP contribution in [0.1, 0.15) is 139 Å². The minimum Gasteiger partial charge on any atom is -0.489 e. The second-order valence-electron chi connectivity index (χ2n) is 23.0. The quantitative estimate of drug-likeness (QED) is 0.0851. The number of aliphatic hydroxyl groups excluding tert-OH is 1. The van der Waals surface area contributed by atoms with Crippen LogP contribution in [0.4, 0.5) is 11.4 Å². The zero-order valence-corrected chi connectivity index (χ0v) is 44.9. The van der Waals surface area contributed by atoms with E-state index in [0.717, 1.165) is 87.1 Å². The van der Waals surface area contributed by atoms with Crippen molar-refractivity contribution < 1.29 is 29.0 Å². The van der Waals surface area contributed by atoms with E-state index in [4.69, 9.17) is 43.2 Å². The number of ether oxygens (including phenoxy) is 2. The van der Waals surface area contributed by atoms with E-state index in [1.807, 2.05) is 36.4 Å². The third-order valence-corrected chi connectivity index (χ3v) is 17.6. The molecule has 1 N–H and O–H groups in total. The summed E-state index contributed by atoms with van der Waals surface area (Å²) in [5, 5.41) is 28.2. The highest BCUT2D eigenvalue weighted by Crippen LogP contribution is 2.63. The van der Waals surface area contributed by atoms with Crippen molar-refractivity contribution in [2.24, 2.45) is 45.3 Å². The van der Waals surface area contributed by atoms with E-state index in [2.05, 4.69) is 89.5 Å². The number of piperidine rings is 2. The maximum absolute atomic E-state index is 13.3. The van der Waals surface area contributed by atoms with Crippen molar-refractivity contribution in [3.8, 4) is 23.6 Å². The third-order valence-electron chi connectivity index (χ3n) is 17.0. The minimum atomic E-state index is -0.203. The SMILES string of the molecule is CC1(C)C(CC(=O)c2ccc(N3CCC(CC=O)CC3)cc2)C(C)(C)C1Oc1ccc(C#N)c(Cl)c1.CC1(C)C(CC(=O)c2ccc(N3CCC(CCO)CC3)cc2)C(C)(C)C1Oc1ccc(C#N)c(Cl)c1. The van der Waals surface area contributed by atoms with Crippen LogP contribution in [0.2, 0.25) is 10.0 Å². The predicted octanol–water partition coefficient (Wildman–Crippen LogP) is 13.2. The zero-order valence-electron chi connectivity index (χ0n) is 43.3. The first-order chi connectivity index (χ1) is 34.1. The summed E-state index contributed by atoms with van der Waals surface area (Å²) in [5.74, 6) is 3.03. The second kappa shape index (κ2) is 22.4. The van der Waals surface area contributed by atoms with Gasteiger partial charge in [0.25, 0.3) is 0 Å². The molecule has 4 aliphatic rings. The Balaban J connectivity index is 0.000000211. The highest BCUT2D eigenvalue weighted by molar-refractivity contribution is 6.32. The number of hydrogen-bond donors (Lipinski definition) is 1. The molecule has 0 amide bonds. The van der Waals surface area contributed by atoms with Crippen LogP contribution in [0.25, 0.3) is 0 Å². The molecular formula is C60H72Cl2N4O6. The van der Waals surface area contributed by atoms with Crippen LogP contribution in [-0.2, 0) is 4.79 Å². The molecule has 8 rings (SSSR count). The number of carbonyl (C=O) groups excluding carboxylic acids is 3. The van der Waals surface area contributed by atoms with E-state index >= 15 is 0 Å². The van der Waals surface area contributed by atoms with Crippen LogP contribution in [0.3, 0.4) is 0 Å². The van der Waals surface area contributed by atoms with Crippen molar-refractivity contribution in [3.05, 3.63) is 117 Å². The van der Waals surface area contributed by atoms with Crippen molar-refractivity contribution in [1.29, 1.82) is 10.5 Å². The summed E-state index contributed by atoms with van der Waals surface area (Å²) < 4.78 is 12.7. The van der Waals surface area contributed by atoms with Gasteiger partial charge < -0.3 is 29.2 Å². The molecule has 4 aromatic rings. The van der Waals surface area contributed by atoms with Crippen molar-refractivity contribution in [2.75, 3.05) is 42.6 Å². The Kier molecular flexibility index (Phi) is 16.9. The summed E-state index contributed by atoms with van der Waals surface area (Å²) in [5.41, 5.74) is 3.84. The maximum atomic E-state index is 13.3. The van der Waals surface area contributed by atoms with E-state index in [1.54, 1.807) is 36.4 Å². The van der Waals surface area contributed by atoms with Crippen LogP contribution in [0, 0.1) is 68.0 Å². The number of nitriles is 2. The fourth-order valence-electron chi connectivity index (χ4n) is 13.2. The van der Waals surface area contributed by atoms with Crippen LogP contribution in [0.5, 0.6) is 11.5 Å². The van der Waals surface area contributed by atoms with E-state index in [0.29, 0.717) is 63.8 Å². The molecule has 2 aliphatic carbocycles. The van der Waals surface area contributed by atoms with Gasteiger partial charge in [0.15, 0.2) is 11.6 Å². The van der Waals surface area contributed by atoms with Gasteiger partial charge in [0, 0.05) is 108 Å². The summed E-state index contributed by atoms with van der Waals surface area (Å²) in [4.78, 5) is 42.0. The number of Topliss-reactive ketones (excluding diaryl/α,β-unsaturated/α-hetero) is 2. The highest BCUT2D eigenvalue weighted by Gasteiger charge is 2.64. The lowest BCUT2D eigenvalue weighted by Crippen LogP contribution is -2.66. The molecule has 4 aromatic carbocycles. The molecule has 0 unspecified atom stereocenters. The number of anilines is 2. The molecule has 0 radical (unpaired) electrons. The molecule has 2 saturated heterocycles. The molecule has 72 heavy (non-hydrogen) atoms.